The maximum absolute atomic E-state index is 11.2. The van der Waals surface area contributed by atoms with Crippen molar-refractivity contribution in [3.05, 3.63) is 29.6 Å². The molecule has 1 rings (SSSR count). The Morgan fingerprint density at radius 1 is 1.56 bits per heavy atom. The zero-order valence-corrected chi connectivity index (χ0v) is 10.2. The van der Waals surface area contributed by atoms with Crippen molar-refractivity contribution < 1.29 is 13.2 Å². The van der Waals surface area contributed by atoms with Gasteiger partial charge in [0.05, 0.1) is 17.1 Å². The summed E-state index contributed by atoms with van der Waals surface area (Å²) in [5.74, 6) is 2.59. The number of nitrogens with zero attached hydrogens (tertiary/aromatic N) is 1. The molecule has 0 fully saturated rings. The molecule has 0 amide bonds. The molecule has 94 valence electrons. The van der Waals surface area contributed by atoms with Gasteiger partial charge < -0.3 is 10.1 Å². The van der Waals surface area contributed by atoms with Crippen LogP contribution >= 0.6 is 0 Å². The van der Waals surface area contributed by atoms with E-state index in [1.54, 1.807) is 0 Å². The zero-order valence-electron chi connectivity index (χ0n) is 9.38. The van der Waals surface area contributed by atoms with Crippen molar-refractivity contribution in [2.24, 2.45) is 5.14 Å². The number of nitrogens with two attached hydrogens (primary N) is 1. The third kappa shape index (κ3) is 3.67. The Hall–Kier alpha value is -2.22. The van der Waals surface area contributed by atoms with Crippen molar-refractivity contribution in [2.75, 3.05) is 18.6 Å². The SMILES string of the molecule is [C-]#[N+]COc1cc(S(N)(=O)=O)ccc1NCC#C. The summed E-state index contributed by atoms with van der Waals surface area (Å²) in [6, 6.07) is 4.06. The Morgan fingerprint density at radius 3 is 2.83 bits per heavy atom. The minimum absolute atomic E-state index is 0.0891. The number of benzene rings is 1. The third-order valence-corrected chi connectivity index (χ3v) is 2.86. The van der Waals surface area contributed by atoms with E-state index in [9.17, 15) is 8.42 Å². The van der Waals surface area contributed by atoms with E-state index in [0.717, 1.165) is 0 Å². The van der Waals surface area contributed by atoms with Crippen molar-refractivity contribution in [1.29, 1.82) is 0 Å². The van der Waals surface area contributed by atoms with Gasteiger partial charge in [-0.1, -0.05) is 5.92 Å². The molecule has 7 heteroatoms. The number of ether oxygens (including phenoxy) is 1. The normalized spacial score (nSPS) is 10.2. The number of anilines is 1. The predicted molar refractivity (Wildman–Crippen MR) is 67.2 cm³/mol. The fourth-order valence-electron chi connectivity index (χ4n) is 1.19. The number of sulfonamides is 1. The zero-order chi connectivity index (χ0) is 13.6. The highest BCUT2D eigenvalue weighted by Gasteiger charge is 2.12. The molecule has 18 heavy (non-hydrogen) atoms. The molecule has 0 radical (unpaired) electrons. The molecule has 0 heterocycles. The summed E-state index contributed by atoms with van der Waals surface area (Å²) in [7, 11) is -3.81. The van der Waals surface area contributed by atoms with Gasteiger partial charge in [0.25, 0.3) is 0 Å². The molecule has 0 aliphatic rings. The Balaban J connectivity index is 3.13. The van der Waals surface area contributed by atoms with Crippen molar-refractivity contribution >= 4 is 15.7 Å². The molecule has 1 aromatic carbocycles. The van der Waals surface area contributed by atoms with Crippen LogP contribution in [0.4, 0.5) is 5.69 Å². The first-order valence-corrected chi connectivity index (χ1v) is 6.34. The van der Waals surface area contributed by atoms with Gasteiger partial charge in [0.1, 0.15) is 0 Å². The van der Waals surface area contributed by atoms with Crippen molar-refractivity contribution in [1.82, 2.24) is 0 Å². The Morgan fingerprint density at radius 2 is 2.28 bits per heavy atom. The van der Waals surface area contributed by atoms with Crippen LogP contribution in [0.25, 0.3) is 4.85 Å². The van der Waals surface area contributed by atoms with E-state index >= 15 is 0 Å². The summed E-state index contributed by atoms with van der Waals surface area (Å²) in [4.78, 5) is 2.93. The van der Waals surface area contributed by atoms with Gasteiger partial charge in [-0.25, -0.2) is 20.1 Å². The lowest BCUT2D eigenvalue weighted by molar-refractivity contribution is 0.361. The van der Waals surface area contributed by atoms with E-state index in [1.165, 1.54) is 18.2 Å². The van der Waals surface area contributed by atoms with Crippen LogP contribution in [0.5, 0.6) is 5.75 Å². The van der Waals surface area contributed by atoms with Crippen LogP contribution in [-0.2, 0) is 10.0 Å². The van der Waals surface area contributed by atoms with E-state index in [2.05, 4.69) is 16.1 Å². The van der Waals surface area contributed by atoms with Crippen molar-refractivity contribution in [3.8, 4) is 18.1 Å². The summed E-state index contributed by atoms with van der Waals surface area (Å²) >= 11 is 0. The largest absolute Gasteiger partial charge is 0.424 e. The molecular formula is C11H11N3O3S. The second-order valence-corrected chi connectivity index (χ2v) is 4.75. The monoisotopic (exact) mass is 265 g/mol. The average Bonchev–Trinajstić information content (AvgIpc) is 2.33. The van der Waals surface area contributed by atoms with Gasteiger partial charge in [-0.2, -0.15) is 0 Å². The number of terminal acetylenes is 1. The van der Waals surface area contributed by atoms with Crippen LogP contribution in [0.3, 0.4) is 0 Å². The standard InChI is InChI=1S/C11H11N3O3S/c1-3-6-14-10-5-4-9(18(12,15)16)7-11(10)17-8-13-2/h1,4-5,7,14H,6,8H2,(H2,12,15,16). The second kappa shape index (κ2) is 5.92. The van der Waals surface area contributed by atoms with E-state index in [1.807, 2.05) is 0 Å². The maximum Gasteiger partial charge on any atom is 0.357 e. The van der Waals surface area contributed by atoms with E-state index in [0.29, 0.717) is 5.69 Å². The molecule has 0 bridgehead atoms. The van der Waals surface area contributed by atoms with E-state index < -0.39 is 10.0 Å². The van der Waals surface area contributed by atoms with Crippen LogP contribution in [0.1, 0.15) is 0 Å². The molecule has 0 aromatic heterocycles. The summed E-state index contributed by atoms with van der Waals surface area (Å²) in [5.41, 5.74) is 0.504. The van der Waals surface area contributed by atoms with E-state index in [-0.39, 0.29) is 23.9 Å². The van der Waals surface area contributed by atoms with Gasteiger partial charge in [0, 0.05) is 6.07 Å². The van der Waals surface area contributed by atoms with Crippen LogP contribution < -0.4 is 15.2 Å². The van der Waals surface area contributed by atoms with Gasteiger partial charge in [-0.3, -0.25) is 4.85 Å². The van der Waals surface area contributed by atoms with Gasteiger partial charge >= 0.3 is 6.73 Å². The first-order valence-electron chi connectivity index (χ1n) is 4.79. The number of nitrogens with one attached hydrogen (secondary N) is 1. The lowest BCUT2D eigenvalue weighted by Crippen LogP contribution is -2.13. The molecule has 3 N–H and O–H groups in total. The molecule has 0 aliphatic carbocycles. The Kier molecular flexibility index (Phi) is 4.55. The molecule has 0 unspecified atom stereocenters. The topological polar surface area (TPSA) is 85.8 Å². The van der Waals surface area contributed by atoms with Crippen molar-refractivity contribution in [3.63, 3.8) is 0 Å². The molecule has 0 aliphatic heterocycles. The van der Waals surface area contributed by atoms with Gasteiger partial charge in [0.15, 0.2) is 5.75 Å². The molecule has 0 spiro atoms. The summed E-state index contributed by atoms with van der Waals surface area (Å²) in [6.07, 6.45) is 5.11. The minimum Gasteiger partial charge on any atom is -0.424 e. The number of rotatable bonds is 5. The fourth-order valence-corrected chi connectivity index (χ4v) is 1.72. The quantitative estimate of drug-likeness (QED) is 0.604. The lowest BCUT2D eigenvalue weighted by atomic mass is 10.3. The number of primary sulfonamides is 1. The average molecular weight is 265 g/mol. The molecule has 0 saturated heterocycles. The summed E-state index contributed by atoms with van der Waals surface area (Å²) < 4.78 is 27.5. The van der Waals surface area contributed by atoms with Crippen molar-refractivity contribution in [2.45, 2.75) is 4.90 Å². The van der Waals surface area contributed by atoms with Gasteiger partial charge in [-0.15, -0.1) is 6.42 Å². The Labute approximate surface area is 106 Å². The number of hydrogen-bond acceptors (Lipinski definition) is 4. The first-order chi connectivity index (χ1) is 8.49. The van der Waals surface area contributed by atoms with E-state index in [4.69, 9.17) is 22.9 Å². The van der Waals surface area contributed by atoms with Crippen LogP contribution in [0.2, 0.25) is 0 Å². The van der Waals surface area contributed by atoms with Gasteiger partial charge in [-0.05, 0) is 12.1 Å². The Bertz CT molecular complexity index is 611. The fraction of sp³-hybridized carbons (Fsp3) is 0.182. The molecule has 0 atom stereocenters. The highest BCUT2D eigenvalue weighted by molar-refractivity contribution is 7.89. The summed E-state index contributed by atoms with van der Waals surface area (Å²) in [6.45, 7) is 6.67. The highest BCUT2D eigenvalue weighted by atomic mass is 32.2. The van der Waals surface area contributed by atoms with Crippen LogP contribution in [-0.4, -0.2) is 21.7 Å². The molecule has 1 aromatic rings. The maximum atomic E-state index is 11.2. The first kappa shape index (κ1) is 13.8. The van der Waals surface area contributed by atoms with Crippen LogP contribution in [0, 0.1) is 18.9 Å². The smallest absolute Gasteiger partial charge is 0.357 e. The second-order valence-electron chi connectivity index (χ2n) is 3.19. The summed E-state index contributed by atoms with van der Waals surface area (Å²) in [5, 5.41) is 7.86. The van der Waals surface area contributed by atoms with Gasteiger partial charge in [0.2, 0.25) is 10.0 Å². The third-order valence-electron chi connectivity index (χ3n) is 1.95. The molecule has 6 nitrogen and oxygen atoms in total. The lowest BCUT2D eigenvalue weighted by Gasteiger charge is -2.10. The number of hydrogen-bond donors (Lipinski definition) is 2. The molecular weight excluding hydrogens is 254 g/mol. The minimum atomic E-state index is -3.81. The molecule has 0 saturated carbocycles. The highest BCUT2D eigenvalue weighted by Crippen LogP contribution is 2.27. The predicted octanol–water partition coefficient (Wildman–Crippen LogP) is 0.635. The van der Waals surface area contributed by atoms with Crippen LogP contribution in [0.15, 0.2) is 23.1 Å².